The lowest BCUT2D eigenvalue weighted by atomic mass is 10.1. The van der Waals surface area contributed by atoms with Gasteiger partial charge in [0, 0.05) is 25.6 Å². The summed E-state index contributed by atoms with van der Waals surface area (Å²) in [6, 6.07) is 3.71. The third kappa shape index (κ3) is 7.74. The van der Waals surface area contributed by atoms with Crippen LogP contribution in [0.2, 0.25) is 0 Å². The second kappa shape index (κ2) is 10.3. The first kappa shape index (κ1) is 22.7. The Morgan fingerprint density at radius 3 is 2.79 bits per heavy atom. The average Bonchev–Trinajstić information content (AvgIpc) is 2.64. The van der Waals surface area contributed by atoms with E-state index in [0.29, 0.717) is 17.8 Å². The fourth-order valence-electron chi connectivity index (χ4n) is 3.12. The maximum absolute atomic E-state index is 12.0. The van der Waals surface area contributed by atoms with Gasteiger partial charge >= 0.3 is 12.1 Å². The molecule has 1 saturated heterocycles. The first-order valence-corrected chi connectivity index (χ1v) is 9.94. The van der Waals surface area contributed by atoms with Gasteiger partial charge in [0.25, 0.3) is 0 Å². The molecule has 1 aliphatic rings. The molecule has 1 N–H and O–H groups in total. The predicted molar refractivity (Wildman–Crippen MR) is 111 cm³/mol. The van der Waals surface area contributed by atoms with Crippen molar-refractivity contribution in [2.45, 2.75) is 58.6 Å². The zero-order valence-corrected chi connectivity index (χ0v) is 18.0. The number of nitrogens with zero attached hydrogens (tertiary/aromatic N) is 2. The number of hydrogen-bond acceptors (Lipinski definition) is 6. The summed E-state index contributed by atoms with van der Waals surface area (Å²) >= 11 is 0. The summed E-state index contributed by atoms with van der Waals surface area (Å²) in [5, 5.41) is 2.96. The molecular formula is C22H31N3O4. The van der Waals surface area contributed by atoms with Crippen molar-refractivity contribution in [3.05, 3.63) is 29.1 Å². The molecule has 1 aromatic heterocycles. The van der Waals surface area contributed by atoms with Gasteiger partial charge in [0.15, 0.2) is 5.69 Å². The Balaban J connectivity index is 1.84. The number of carbonyl (C=O) groups is 2. The number of pyridine rings is 1. The molecule has 1 aromatic rings. The molecule has 0 aromatic carbocycles. The Labute approximate surface area is 173 Å². The van der Waals surface area contributed by atoms with Crippen molar-refractivity contribution < 1.29 is 19.1 Å². The van der Waals surface area contributed by atoms with E-state index >= 15 is 0 Å². The average molecular weight is 402 g/mol. The number of esters is 1. The lowest BCUT2D eigenvalue weighted by Crippen LogP contribution is -2.49. The Morgan fingerprint density at radius 2 is 2.10 bits per heavy atom. The van der Waals surface area contributed by atoms with Crippen LogP contribution in [0.25, 0.3) is 0 Å². The maximum atomic E-state index is 12.0. The molecule has 1 amide bonds. The molecule has 0 saturated carbocycles. The third-order valence-corrected chi connectivity index (χ3v) is 4.47. The van der Waals surface area contributed by atoms with E-state index in [9.17, 15) is 9.59 Å². The van der Waals surface area contributed by atoms with Gasteiger partial charge in [-0.05, 0) is 64.6 Å². The molecule has 1 aliphatic heterocycles. The Bertz CT molecular complexity index is 789. The van der Waals surface area contributed by atoms with Crippen LogP contribution in [0.4, 0.5) is 4.79 Å². The number of amides is 1. The van der Waals surface area contributed by atoms with Gasteiger partial charge in [-0.25, -0.2) is 14.6 Å². The molecule has 0 spiro atoms. The standard InChI is InChI=1S/C22H31N3O4/c1-16-11-12-17(23-19(16)20(26)28-5)9-6-7-13-25-14-8-10-18(15-25)24-21(27)29-22(2,3)4/h11-12,18H,7-8,10,13-15H2,1-5H3,(H,24,27). The van der Waals surface area contributed by atoms with Crippen molar-refractivity contribution in [2.75, 3.05) is 26.7 Å². The highest BCUT2D eigenvalue weighted by Crippen LogP contribution is 2.13. The van der Waals surface area contributed by atoms with E-state index in [-0.39, 0.29) is 12.1 Å². The van der Waals surface area contributed by atoms with Crippen molar-refractivity contribution in [3.63, 3.8) is 0 Å². The van der Waals surface area contributed by atoms with E-state index in [1.54, 1.807) is 6.07 Å². The zero-order chi connectivity index (χ0) is 21.4. The fraction of sp³-hybridized carbons (Fsp3) is 0.591. The summed E-state index contributed by atoms with van der Waals surface area (Å²) in [4.78, 5) is 30.3. The van der Waals surface area contributed by atoms with E-state index < -0.39 is 11.6 Å². The van der Waals surface area contributed by atoms with Crippen LogP contribution >= 0.6 is 0 Å². The Morgan fingerprint density at radius 1 is 1.34 bits per heavy atom. The zero-order valence-electron chi connectivity index (χ0n) is 18.0. The molecule has 0 radical (unpaired) electrons. The van der Waals surface area contributed by atoms with Crippen LogP contribution in [0, 0.1) is 18.8 Å². The number of ether oxygens (including phenoxy) is 2. The molecular weight excluding hydrogens is 370 g/mol. The lowest BCUT2D eigenvalue weighted by molar-refractivity contribution is 0.0472. The minimum atomic E-state index is -0.494. The number of methoxy groups -OCH3 is 1. The summed E-state index contributed by atoms with van der Waals surface area (Å²) < 4.78 is 10.1. The number of piperidine rings is 1. The Kier molecular flexibility index (Phi) is 8.03. The van der Waals surface area contributed by atoms with Crippen LogP contribution in [0.5, 0.6) is 0 Å². The number of aromatic nitrogens is 1. The highest BCUT2D eigenvalue weighted by Gasteiger charge is 2.23. The van der Waals surface area contributed by atoms with Gasteiger partial charge in [-0.15, -0.1) is 0 Å². The molecule has 2 rings (SSSR count). The van der Waals surface area contributed by atoms with Crippen LogP contribution in [0.15, 0.2) is 12.1 Å². The molecule has 158 valence electrons. The molecule has 29 heavy (non-hydrogen) atoms. The summed E-state index contributed by atoms with van der Waals surface area (Å²) in [6.45, 7) is 9.98. The van der Waals surface area contributed by atoms with Crippen LogP contribution in [-0.4, -0.2) is 60.3 Å². The van der Waals surface area contributed by atoms with E-state index in [1.807, 2.05) is 33.8 Å². The molecule has 7 heteroatoms. The van der Waals surface area contributed by atoms with Crippen molar-refractivity contribution >= 4 is 12.1 Å². The van der Waals surface area contributed by atoms with Crippen molar-refractivity contribution in [3.8, 4) is 11.8 Å². The van der Waals surface area contributed by atoms with E-state index in [0.717, 1.165) is 38.0 Å². The summed E-state index contributed by atoms with van der Waals surface area (Å²) in [5.74, 6) is 5.68. The molecule has 1 atom stereocenters. The SMILES string of the molecule is COC(=O)c1nc(C#CCCN2CCCC(NC(=O)OC(C)(C)C)C2)ccc1C. The van der Waals surface area contributed by atoms with Gasteiger partial charge in [0.1, 0.15) is 11.3 Å². The number of hydrogen-bond donors (Lipinski definition) is 1. The number of carbonyl (C=O) groups excluding carboxylic acids is 2. The molecule has 1 fully saturated rings. The van der Waals surface area contributed by atoms with E-state index in [4.69, 9.17) is 9.47 Å². The molecule has 7 nitrogen and oxygen atoms in total. The number of alkyl carbamates (subject to hydrolysis) is 1. The van der Waals surface area contributed by atoms with Crippen LogP contribution < -0.4 is 5.32 Å². The predicted octanol–water partition coefficient (Wildman–Crippen LogP) is 2.91. The summed E-state index contributed by atoms with van der Waals surface area (Å²) in [5.41, 5.74) is 1.12. The molecule has 2 heterocycles. The minimum Gasteiger partial charge on any atom is -0.464 e. The number of rotatable bonds is 4. The number of likely N-dealkylation sites (tertiary alicyclic amines) is 1. The van der Waals surface area contributed by atoms with Crippen molar-refractivity contribution in [2.24, 2.45) is 0 Å². The van der Waals surface area contributed by atoms with Crippen LogP contribution in [-0.2, 0) is 9.47 Å². The minimum absolute atomic E-state index is 0.0907. The second-order valence-electron chi connectivity index (χ2n) is 8.19. The maximum Gasteiger partial charge on any atom is 0.407 e. The summed E-state index contributed by atoms with van der Waals surface area (Å²) in [7, 11) is 1.34. The van der Waals surface area contributed by atoms with Gasteiger partial charge in [-0.1, -0.05) is 12.0 Å². The molecule has 0 bridgehead atoms. The quantitative estimate of drug-likeness (QED) is 0.617. The van der Waals surface area contributed by atoms with E-state index in [2.05, 4.69) is 27.0 Å². The molecule has 1 unspecified atom stereocenters. The first-order valence-electron chi connectivity index (χ1n) is 9.94. The molecule has 0 aliphatic carbocycles. The second-order valence-corrected chi connectivity index (χ2v) is 8.19. The van der Waals surface area contributed by atoms with Crippen molar-refractivity contribution in [1.29, 1.82) is 0 Å². The number of nitrogens with one attached hydrogen (secondary N) is 1. The lowest BCUT2D eigenvalue weighted by Gasteiger charge is -2.33. The normalized spacial score (nSPS) is 17.1. The topological polar surface area (TPSA) is 80.8 Å². The van der Waals surface area contributed by atoms with Crippen LogP contribution in [0.1, 0.15) is 61.8 Å². The number of aryl methyl sites for hydroxylation is 1. The largest absolute Gasteiger partial charge is 0.464 e. The Hall–Kier alpha value is -2.59. The van der Waals surface area contributed by atoms with Crippen LogP contribution in [0.3, 0.4) is 0 Å². The van der Waals surface area contributed by atoms with Gasteiger partial charge in [0.05, 0.1) is 7.11 Å². The van der Waals surface area contributed by atoms with Gasteiger partial charge in [0.2, 0.25) is 0 Å². The first-order chi connectivity index (χ1) is 13.7. The monoisotopic (exact) mass is 401 g/mol. The van der Waals surface area contributed by atoms with Crippen molar-refractivity contribution in [1.82, 2.24) is 15.2 Å². The fourth-order valence-corrected chi connectivity index (χ4v) is 3.12. The smallest absolute Gasteiger partial charge is 0.407 e. The van der Waals surface area contributed by atoms with Gasteiger partial charge in [-0.2, -0.15) is 0 Å². The highest BCUT2D eigenvalue weighted by molar-refractivity contribution is 5.88. The highest BCUT2D eigenvalue weighted by atomic mass is 16.6. The van der Waals surface area contributed by atoms with Gasteiger partial charge < -0.3 is 19.7 Å². The third-order valence-electron chi connectivity index (χ3n) is 4.47. The summed E-state index contributed by atoms with van der Waals surface area (Å²) in [6.07, 6.45) is 2.29. The van der Waals surface area contributed by atoms with Gasteiger partial charge in [-0.3, -0.25) is 0 Å². The van der Waals surface area contributed by atoms with E-state index in [1.165, 1.54) is 7.11 Å².